The summed E-state index contributed by atoms with van der Waals surface area (Å²) in [5.41, 5.74) is 0.807. The Balaban J connectivity index is 1.93. The Hall–Kier alpha value is -3.16. The zero-order chi connectivity index (χ0) is 18.8. The third-order valence-corrected chi connectivity index (χ3v) is 3.40. The summed E-state index contributed by atoms with van der Waals surface area (Å²) in [6.45, 7) is 3.49. The van der Waals surface area contributed by atoms with E-state index in [9.17, 15) is 4.79 Å². The van der Waals surface area contributed by atoms with E-state index in [1.807, 2.05) is 25.1 Å². The van der Waals surface area contributed by atoms with Gasteiger partial charge in [0.15, 0.2) is 23.2 Å². The second kappa shape index (κ2) is 9.97. The molecule has 0 fully saturated rings. The summed E-state index contributed by atoms with van der Waals surface area (Å²) in [7, 11) is 3.18. The monoisotopic (exact) mass is 360 g/mol. The van der Waals surface area contributed by atoms with Crippen LogP contribution >= 0.6 is 0 Å². The van der Waals surface area contributed by atoms with Gasteiger partial charge < -0.3 is 29.8 Å². The van der Waals surface area contributed by atoms with Gasteiger partial charge in [0.2, 0.25) is 0 Å². The number of furan rings is 1. The van der Waals surface area contributed by atoms with Gasteiger partial charge in [-0.25, -0.2) is 0 Å². The molecule has 1 amide bonds. The van der Waals surface area contributed by atoms with Gasteiger partial charge in [-0.2, -0.15) is 0 Å². The first kappa shape index (κ1) is 19.2. The number of hydrogen-bond acceptors (Lipinski definition) is 5. The van der Waals surface area contributed by atoms with Crippen LogP contribution in [0.15, 0.2) is 46.0 Å². The fourth-order valence-corrected chi connectivity index (χ4v) is 2.19. The smallest absolute Gasteiger partial charge is 0.287 e. The summed E-state index contributed by atoms with van der Waals surface area (Å²) >= 11 is 0. The maximum absolute atomic E-state index is 11.8. The molecule has 0 aliphatic heterocycles. The van der Waals surface area contributed by atoms with Gasteiger partial charge in [0.25, 0.3) is 5.91 Å². The van der Waals surface area contributed by atoms with E-state index in [0.717, 1.165) is 5.69 Å². The van der Waals surface area contributed by atoms with Crippen LogP contribution < -0.4 is 25.4 Å². The van der Waals surface area contributed by atoms with E-state index >= 15 is 0 Å². The summed E-state index contributed by atoms with van der Waals surface area (Å²) in [6, 6.07) is 8.79. The van der Waals surface area contributed by atoms with Crippen LogP contribution in [0.2, 0.25) is 0 Å². The van der Waals surface area contributed by atoms with Crippen LogP contribution in [-0.2, 0) is 0 Å². The molecule has 1 aromatic heterocycles. The topological polar surface area (TPSA) is 97.1 Å². The van der Waals surface area contributed by atoms with E-state index in [4.69, 9.17) is 13.9 Å². The van der Waals surface area contributed by atoms with Gasteiger partial charge in [-0.3, -0.25) is 9.79 Å². The molecule has 8 nitrogen and oxygen atoms in total. The molecular weight excluding hydrogens is 336 g/mol. The molecule has 0 spiro atoms. The lowest BCUT2D eigenvalue weighted by Crippen LogP contribution is -2.32. The predicted molar refractivity (Wildman–Crippen MR) is 100 cm³/mol. The van der Waals surface area contributed by atoms with Gasteiger partial charge in [-0.1, -0.05) is 0 Å². The van der Waals surface area contributed by atoms with Gasteiger partial charge >= 0.3 is 0 Å². The Morgan fingerprint density at radius 3 is 2.62 bits per heavy atom. The number of rotatable bonds is 8. The largest absolute Gasteiger partial charge is 0.493 e. The van der Waals surface area contributed by atoms with Crippen LogP contribution in [0.5, 0.6) is 11.5 Å². The molecule has 0 unspecified atom stereocenters. The highest BCUT2D eigenvalue weighted by Crippen LogP contribution is 2.29. The minimum absolute atomic E-state index is 0.261. The number of guanidine groups is 1. The minimum atomic E-state index is -0.261. The molecule has 0 atom stereocenters. The quantitative estimate of drug-likeness (QED) is 0.379. The Morgan fingerprint density at radius 1 is 1.15 bits per heavy atom. The van der Waals surface area contributed by atoms with Gasteiger partial charge in [-0.15, -0.1) is 0 Å². The number of benzene rings is 1. The lowest BCUT2D eigenvalue weighted by atomic mass is 10.3. The van der Waals surface area contributed by atoms with Crippen molar-refractivity contribution in [2.45, 2.75) is 6.92 Å². The van der Waals surface area contributed by atoms with Crippen molar-refractivity contribution in [3.05, 3.63) is 42.4 Å². The van der Waals surface area contributed by atoms with Gasteiger partial charge in [0, 0.05) is 24.8 Å². The highest BCUT2D eigenvalue weighted by atomic mass is 16.5. The first-order chi connectivity index (χ1) is 12.7. The van der Waals surface area contributed by atoms with Crippen LogP contribution in [0.25, 0.3) is 0 Å². The summed E-state index contributed by atoms with van der Waals surface area (Å²) in [4.78, 5) is 16.2. The maximum Gasteiger partial charge on any atom is 0.287 e. The van der Waals surface area contributed by atoms with Crippen molar-refractivity contribution < 1.29 is 18.7 Å². The molecule has 3 N–H and O–H groups in total. The summed E-state index contributed by atoms with van der Waals surface area (Å²) in [5, 5.41) is 9.09. The average molecular weight is 360 g/mol. The first-order valence-electron chi connectivity index (χ1n) is 8.27. The molecule has 0 saturated heterocycles. The summed E-state index contributed by atoms with van der Waals surface area (Å²) < 4.78 is 15.6. The molecule has 2 aromatic rings. The van der Waals surface area contributed by atoms with Crippen molar-refractivity contribution in [1.29, 1.82) is 0 Å². The zero-order valence-corrected chi connectivity index (χ0v) is 15.2. The Morgan fingerprint density at radius 2 is 1.96 bits per heavy atom. The molecule has 2 rings (SSSR count). The molecule has 8 heteroatoms. The van der Waals surface area contributed by atoms with E-state index in [-0.39, 0.29) is 11.7 Å². The summed E-state index contributed by atoms with van der Waals surface area (Å²) in [5.74, 6) is 1.90. The van der Waals surface area contributed by atoms with Crippen molar-refractivity contribution in [2.75, 3.05) is 39.2 Å². The molecule has 0 bridgehead atoms. The van der Waals surface area contributed by atoms with E-state index in [1.54, 1.807) is 26.4 Å². The van der Waals surface area contributed by atoms with Crippen molar-refractivity contribution >= 4 is 17.6 Å². The van der Waals surface area contributed by atoms with Crippen molar-refractivity contribution in [2.24, 2.45) is 4.99 Å². The average Bonchev–Trinajstić information content (AvgIpc) is 3.20. The molecule has 0 aliphatic rings. The number of nitrogens with one attached hydrogen (secondary N) is 3. The van der Waals surface area contributed by atoms with Crippen LogP contribution in [0, 0.1) is 0 Å². The third kappa shape index (κ3) is 5.44. The zero-order valence-electron chi connectivity index (χ0n) is 15.2. The Bertz CT molecular complexity index is 729. The lowest BCUT2D eigenvalue weighted by molar-refractivity contribution is 0.0927. The molecule has 0 radical (unpaired) electrons. The number of ether oxygens (including phenoxy) is 2. The third-order valence-electron chi connectivity index (χ3n) is 3.40. The SMILES string of the molecule is CCNC(=NCCNC(=O)c1ccco1)Nc1ccc(OC)c(OC)c1. The number of methoxy groups -OCH3 is 2. The van der Waals surface area contributed by atoms with Crippen molar-refractivity contribution in [3.63, 3.8) is 0 Å². The lowest BCUT2D eigenvalue weighted by Gasteiger charge is -2.14. The number of amides is 1. The number of nitrogens with zero attached hydrogens (tertiary/aromatic N) is 1. The Kier molecular flexibility index (Phi) is 7.35. The number of aliphatic imine (C=N–C) groups is 1. The summed E-state index contributed by atoms with van der Waals surface area (Å²) in [6.07, 6.45) is 1.46. The number of hydrogen-bond donors (Lipinski definition) is 3. The van der Waals surface area contributed by atoms with Crippen molar-refractivity contribution in [1.82, 2.24) is 10.6 Å². The molecule has 140 valence electrons. The number of anilines is 1. The second-order valence-corrected chi connectivity index (χ2v) is 5.19. The van der Waals surface area contributed by atoms with E-state index in [2.05, 4.69) is 20.9 Å². The van der Waals surface area contributed by atoms with Crippen LogP contribution in [0.4, 0.5) is 5.69 Å². The van der Waals surface area contributed by atoms with Gasteiger partial charge in [-0.05, 0) is 31.2 Å². The van der Waals surface area contributed by atoms with Gasteiger partial charge in [0.05, 0.1) is 27.0 Å². The fourth-order valence-electron chi connectivity index (χ4n) is 2.19. The highest BCUT2D eigenvalue weighted by molar-refractivity contribution is 5.94. The minimum Gasteiger partial charge on any atom is -0.493 e. The maximum atomic E-state index is 11.8. The Labute approximate surface area is 152 Å². The van der Waals surface area contributed by atoms with Crippen LogP contribution in [0.3, 0.4) is 0 Å². The first-order valence-corrected chi connectivity index (χ1v) is 8.27. The molecule has 1 heterocycles. The molecule has 0 aliphatic carbocycles. The van der Waals surface area contributed by atoms with Crippen LogP contribution in [0.1, 0.15) is 17.5 Å². The van der Waals surface area contributed by atoms with Crippen LogP contribution in [-0.4, -0.2) is 45.7 Å². The van der Waals surface area contributed by atoms with Gasteiger partial charge in [0.1, 0.15) is 0 Å². The number of carbonyl (C=O) groups is 1. The van der Waals surface area contributed by atoms with E-state index < -0.39 is 0 Å². The van der Waals surface area contributed by atoms with Crippen molar-refractivity contribution in [3.8, 4) is 11.5 Å². The second-order valence-electron chi connectivity index (χ2n) is 5.19. The molecular formula is C18H24N4O4. The fraction of sp³-hybridized carbons (Fsp3) is 0.333. The standard InChI is InChI=1S/C18H24N4O4/c1-4-19-18(21-10-9-20-17(23)15-6-5-11-26-15)22-13-7-8-14(24-2)16(12-13)25-3/h5-8,11-12H,4,9-10H2,1-3H3,(H,20,23)(H2,19,21,22). The normalized spacial score (nSPS) is 11.0. The highest BCUT2D eigenvalue weighted by Gasteiger charge is 2.08. The number of carbonyl (C=O) groups excluding carboxylic acids is 1. The van der Waals surface area contributed by atoms with E-state index in [0.29, 0.717) is 37.1 Å². The molecule has 0 saturated carbocycles. The predicted octanol–water partition coefficient (Wildman–Crippen LogP) is 2.10. The molecule has 1 aromatic carbocycles. The molecule has 26 heavy (non-hydrogen) atoms. The van der Waals surface area contributed by atoms with E-state index in [1.165, 1.54) is 6.26 Å².